The fraction of sp³-hybridized carbons (Fsp3) is 0.261. The van der Waals surface area contributed by atoms with E-state index >= 15 is 0 Å². The number of halogens is 1. The van der Waals surface area contributed by atoms with Crippen LogP contribution >= 0.6 is 0 Å². The summed E-state index contributed by atoms with van der Waals surface area (Å²) in [7, 11) is 0. The van der Waals surface area contributed by atoms with Crippen molar-refractivity contribution in [2.75, 3.05) is 48.4 Å². The largest absolute Gasteiger partial charge is 0.484 e. The van der Waals surface area contributed by atoms with E-state index in [1.807, 2.05) is 25.1 Å². The highest BCUT2D eigenvalue weighted by Crippen LogP contribution is 2.21. The summed E-state index contributed by atoms with van der Waals surface area (Å²) in [5.41, 5.74) is 2.29. The van der Waals surface area contributed by atoms with Gasteiger partial charge >= 0.3 is 0 Å². The second-order valence-corrected chi connectivity index (χ2v) is 7.28. The number of amides is 1. The summed E-state index contributed by atoms with van der Waals surface area (Å²) in [6.07, 6.45) is 0. The number of anilines is 4. The molecule has 1 aromatic heterocycles. The Balaban J connectivity index is 1.33. The molecule has 0 spiro atoms. The van der Waals surface area contributed by atoms with Gasteiger partial charge in [-0.3, -0.25) is 4.79 Å². The summed E-state index contributed by atoms with van der Waals surface area (Å²) < 4.78 is 23.7. The predicted molar refractivity (Wildman–Crippen MR) is 120 cm³/mol. The second-order valence-electron chi connectivity index (χ2n) is 7.28. The van der Waals surface area contributed by atoms with Crippen LogP contribution in [0.1, 0.15) is 5.69 Å². The SMILES string of the molecule is Cc1cc(N2CCOCC2)nc(Nc2ccc(NC(=O)COc3ccc(F)cc3)cc2)n1. The summed E-state index contributed by atoms with van der Waals surface area (Å²) in [5.74, 6) is 1.14. The van der Waals surface area contributed by atoms with E-state index in [0.29, 0.717) is 30.6 Å². The van der Waals surface area contributed by atoms with Crippen molar-refractivity contribution < 1.29 is 18.7 Å². The van der Waals surface area contributed by atoms with Crippen LogP contribution in [0.5, 0.6) is 5.75 Å². The molecule has 2 aromatic carbocycles. The Kier molecular flexibility index (Phi) is 6.76. The molecule has 0 unspecified atom stereocenters. The molecule has 0 bridgehead atoms. The number of benzene rings is 2. The lowest BCUT2D eigenvalue weighted by Crippen LogP contribution is -2.36. The van der Waals surface area contributed by atoms with Crippen LogP contribution in [0.3, 0.4) is 0 Å². The van der Waals surface area contributed by atoms with Gasteiger partial charge in [-0.25, -0.2) is 9.37 Å². The Labute approximate surface area is 185 Å². The highest BCUT2D eigenvalue weighted by molar-refractivity contribution is 5.92. The molecule has 8 nitrogen and oxygen atoms in total. The van der Waals surface area contributed by atoms with Gasteiger partial charge in [0.2, 0.25) is 5.95 Å². The fourth-order valence-corrected chi connectivity index (χ4v) is 3.21. The number of nitrogens with zero attached hydrogens (tertiary/aromatic N) is 3. The maximum Gasteiger partial charge on any atom is 0.262 e. The van der Waals surface area contributed by atoms with Crippen molar-refractivity contribution in [1.29, 1.82) is 0 Å². The third-order valence-electron chi connectivity index (χ3n) is 4.78. The molecule has 0 saturated carbocycles. The molecule has 2 heterocycles. The van der Waals surface area contributed by atoms with Crippen LogP contribution in [-0.4, -0.2) is 48.8 Å². The highest BCUT2D eigenvalue weighted by Gasteiger charge is 2.14. The van der Waals surface area contributed by atoms with Crippen molar-refractivity contribution in [2.45, 2.75) is 6.92 Å². The highest BCUT2D eigenvalue weighted by atomic mass is 19.1. The van der Waals surface area contributed by atoms with E-state index < -0.39 is 0 Å². The molecule has 0 aliphatic carbocycles. The smallest absolute Gasteiger partial charge is 0.262 e. The summed E-state index contributed by atoms with van der Waals surface area (Å²) in [4.78, 5) is 23.4. The van der Waals surface area contributed by atoms with Gasteiger partial charge in [-0.05, 0) is 55.5 Å². The van der Waals surface area contributed by atoms with Crippen LogP contribution in [0.2, 0.25) is 0 Å². The number of carbonyl (C=O) groups excluding carboxylic acids is 1. The van der Waals surface area contributed by atoms with E-state index in [1.54, 1.807) is 12.1 Å². The molecule has 166 valence electrons. The predicted octanol–water partition coefficient (Wildman–Crippen LogP) is 3.52. The van der Waals surface area contributed by atoms with Gasteiger partial charge in [-0.2, -0.15) is 4.98 Å². The standard InChI is InChI=1S/C23H24FN5O3/c1-16-14-21(29-10-12-31-13-11-29)28-23(25-16)27-19-6-4-18(5-7-19)26-22(30)15-32-20-8-2-17(24)3-9-20/h2-9,14H,10-13,15H2,1H3,(H,26,30)(H,25,27,28). The third-order valence-corrected chi connectivity index (χ3v) is 4.78. The van der Waals surface area contributed by atoms with E-state index in [1.165, 1.54) is 24.3 Å². The summed E-state index contributed by atoms with van der Waals surface area (Å²) >= 11 is 0. The van der Waals surface area contributed by atoms with Gasteiger partial charge in [0.15, 0.2) is 6.61 Å². The lowest BCUT2D eigenvalue weighted by Gasteiger charge is -2.28. The molecule has 0 radical (unpaired) electrons. The van der Waals surface area contributed by atoms with Crippen molar-refractivity contribution in [3.63, 3.8) is 0 Å². The number of hydrogen-bond donors (Lipinski definition) is 2. The Bertz CT molecular complexity index is 1050. The molecule has 1 amide bonds. The molecule has 32 heavy (non-hydrogen) atoms. The number of carbonyl (C=O) groups is 1. The van der Waals surface area contributed by atoms with Crippen molar-refractivity contribution in [3.05, 3.63) is 66.1 Å². The first-order valence-corrected chi connectivity index (χ1v) is 10.3. The zero-order valence-electron chi connectivity index (χ0n) is 17.7. The van der Waals surface area contributed by atoms with Crippen LogP contribution < -0.4 is 20.3 Å². The Hall–Kier alpha value is -3.72. The first-order valence-electron chi connectivity index (χ1n) is 10.3. The molecule has 2 N–H and O–H groups in total. The molecule has 1 aliphatic rings. The van der Waals surface area contributed by atoms with Gasteiger partial charge in [-0.1, -0.05) is 0 Å². The lowest BCUT2D eigenvalue weighted by atomic mass is 10.2. The fourth-order valence-electron chi connectivity index (χ4n) is 3.21. The minimum atomic E-state index is -0.358. The molecule has 9 heteroatoms. The number of rotatable bonds is 7. The minimum Gasteiger partial charge on any atom is -0.484 e. The first-order chi connectivity index (χ1) is 15.5. The van der Waals surface area contributed by atoms with Gasteiger partial charge in [0.05, 0.1) is 13.2 Å². The number of ether oxygens (including phenoxy) is 2. The minimum absolute atomic E-state index is 0.174. The number of morpholine rings is 1. The van der Waals surface area contributed by atoms with E-state index in [2.05, 4.69) is 25.5 Å². The Morgan fingerprint density at radius 2 is 1.75 bits per heavy atom. The number of aromatic nitrogens is 2. The van der Waals surface area contributed by atoms with E-state index in [-0.39, 0.29) is 18.3 Å². The van der Waals surface area contributed by atoms with E-state index in [0.717, 1.165) is 30.3 Å². The van der Waals surface area contributed by atoms with Gasteiger partial charge in [0.1, 0.15) is 17.4 Å². The van der Waals surface area contributed by atoms with Gasteiger partial charge in [0.25, 0.3) is 5.91 Å². The van der Waals surface area contributed by atoms with Crippen molar-refractivity contribution >= 4 is 29.0 Å². The van der Waals surface area contributed by atoms with Gasteiger partial charge in [-0.15, -0.1) is 0 Å². The molecule has 0 atom stereocenters. The summed E-state index contributed by atoms with van der Waals surface area (Å²) in [6, 6.07) is 14.7. The number of hydrogen-bond acceptors (Lipinski definition) is 7. The zero-order chi connectivity index (χ0) is 22.3. The van der Waals surface area contributed by atoms with Crippen molar-refractivity contribution in [2.24, 2.45) is 0 Å². The monoisotopic (exact) mass is 437 g/mol. The Morgan fingerprint density at radius 1 is 1.06 bits per heavy atom. The van der Waals surface area contributed by atoms with Crippen LogP contribution in [-0.2, 0) is 9.53 Å². The van der Waals surface area contributed by atoms with Crippen molar-refractivity contribution in [1.82, 2.24) is 9.97 Å². The van der Waals surface area contributed by atoms with E-state index in [9.17, 15) is 9.18 Å². The molecule has 4 rings (SSSR count). The zero-order valence-corrected chi connectivity index (χ0v) is 17.7. The average Bonchev–Trinajstić information content (AvgIpc) is 2.80. The van der Waals surface area contributed by atoms with Crippen LogP contribution in [0.4, 0.5) is 27.5 Å². The van der Waals surface area contributed by atoms with Gasteiger partial charge < -0.3 is 25.0 Å². The number of aryl methyl sites for hydroxylation is 1. The molecular formula is C23H24FN5O3. The van der Waals surface area contributed by atoms with Crippen LogP contribution in [0.15, 0.2) is 54.6 Å². The van der Waals surface area contributed by atoms with Crippen LogP contribution in [0, 0.1) is 12.7 Å². The maximum atomic E-state index is 12.9. The van der Waals surface area contributed by atoms with Gasteiger partial charge in [0, 0.05) is 36.2 Å². The number of nitrogens with one attached hydrogen (secondary N) is 2. The maximum absolute atomic E-state index is 12.9. The molecule has 1 aliphatic heterocycles. The average molecular weight is 437 g/mol. The van der Waals surface area contributed by atoms with E-state index in [4.69, 9.17) is 9.47 Å². The second kappa shape index (κ2) is 10.1. The molecule has 1 fully saturated rings. The molecule has 3 aromatic rings. The molecular weight excluding hydrogens is 413 g/mol. The first kappa shape index (κ1) is 21.5. The summed E-state index contributed by atoms with van der Waals surface area (Å²) in [5, 5.41) is 5.97. The van der Waals surface area contributed by atoms with Crippen LogP contribution in [0.25, 0.3) is 0 Å². The molecule has 1 saturated heterocycles. The summed E-state index contributed by atoms with van der Waals surface area (Å²) in [6.45, 7) is 4.74. The lowest BCUT2D eigenvalue weighted by molar-refractivity contribution is -0.118. The Morgan fingerprint density at radius 3 is 2.47 bits per heavy atom. The third kappa shape index (κ3) is 5.92. The topological polar surface area (TPSA) is 88.6 Å². The normalized spacial score (nSPS) is 13.5. The quantitative estimate of drug-likeness (QED) is 0.585. The van der Waals surface area contributed by atoms with Crippen molar-refractivity contribution in [3.8, 4) is 5.75 Å².